The molecule has 0 aliphatic carbocycles. The van der Waals surface area contributed by atoms with Gasteiger partial charge in [0.05, 0.1) is 32.1 Å². The van der Waals surface area contributed by atoms with E-state index in [-0.39, 0.29) is 12.0 Å². The molecule has 1 aromatic rings. The zero-order chi connectivity index (χ0) is 12.1. The van der Waals surface area contributed by atoms with Crippen LogP contribution in [0, 0.1) is 0 Å². The molecule has 2 rings (SSSR count). The van der Waals surface area contributed by atoms with E-state index >= 15 is 0 Å². The van der Waals surface area contributed by atoms with Crippen LogP contribution in [0.4, 0.5) is 0 Å². The molecule has 0 unspecified atom stereocenters. The third kappa shape index (κ3) is 3.87. The van der Waals surface area contributed by atoms with E-state index < -0.39 is 0 Å². The summed E-state index contributed by atoms with van der Waals surface area (Å²) in [7, 11) is 0. The van der Waals surface area contributed by atoms with Crippen molar-refractivity contribution in [3.63, 3.8) is 0 Å². The highest BCUT2D eigenvalue weighted by molar-refractivity contribution is 5.77. The van der Waals surface area contributed by atoms with Gasteiger partial charge in [0, 0.05) is 13.1 Å². The summed E-state index contributed by atoms with van der Waals surface area (Å²) in [6, 6.07) is 3.65. The Morgan fingerprint density at radius 1 is 1.65 bits per heavy atom. The Labute approximate surface area is 101 Å². The molecule has 1 aromatic heterocycles. The van der Waals surface area contributed by atoms with Gasteiger partial charge in [0.15, 0.2) is 0 Å². The highest BCUT2D eigenvalue weighted by Gasteiger charge is 2.18. The van der Waals surface area contributed by atoms with Gasteiger partial charge in [0.2, 0.25) is 5.91 Å². The molecule has 1 atom stereocenters. The zero-order valence-corrected chi connectivity index (χ0v) is 10.0. The van der Waals surface area contributed by atoms with Gasteiger partial charge in [-0.3, -0.25) is 9.69 Å². The van der Waals surface area contributed by atoms with Crippen LogP contribution in [-0.2, 0) is 16.1 Å². The van der Waals surface area contributed by atoms with Crippen molar-refractivity contribution in [3.05, 3.63) is 24.2 Å². The van der Waals surface area contributed by atoms with Gasteiger partial charge in [-0.15, -0.1) is 0 Å². The van der Waals surface area contributed by atoms with Gasteiger partial charge in [0.25, 0.3) is 0 Å². The second-order valence-electron chi connectivity index (χ2n) is 4.27. The van der Waals surface area contributed by atoms with Crippen molar-refractivity contribution in [3.8, 4) is 0 Å². The SMILES string of the molecule is C[C@H]1CN(CC(=O)NCc2ccco2)CCO1. The molecule has 1 saturated heterocycles. The molecule has 1 fully saturated rings. The fraction of sp³-hybridized carbons (Fsp3) is 0.583. The maximum absolute atomic E-state index is 11.7. The van der Waals surface area contributed by atoms with Crippen molar-refractivity contribution in [2.24, 2.45) is 0 Å². The van der Waals surface area contributed by atoms with Gasteiger partial charge in [-0.2, -0.15) is 0 Å². The number of carbonyl (C=O) groups is 1. The average Bonchev–Trinajstić information content (AvgIpc) is 2.79. The number of amides is 1. The Bertz CT molecular complexity index is 351. The molecule has 5 heteroatoms. The van der Waals surface area contributed by atoms with Crippen molar-refractivity contribution >= 4 is 5.91 Å². The average molecular weight is 238 g/mol. The second-order valence-corrected chi connectivity index (χ2v) is 4.27. The molecule has 2 heterocycles. The Hall–Kier alpha value is -1.33. The minimum Gasteiger partial charge on any atom is -0.467 e. The van der Waals surface area contributed by atoms with Crippen molar-refractivity contribution < 1.29 is 13.9 Å². The maximum atomic E-state index is 11.7. The number of hydrogen-bond donors (Lipinski definition) is 1. The van der Waals surface area contributed by atoms with Crippen LogP contribution in [0.3, 0.4) is 0 Å². The molecule has 0 radical (unpaired) electrons. The summed E-state index contributed by atoms with van der Waals surface area (Å²) >= 11 is 0. The molecule has 94 valence electrons. The minimum absolute atomic E-state index is 0.0236. The molecule has 17 heavy (non-hydrogen) atoms. The lowest BCUT2D eigenvalue weighted by Crippen LogP contribution is -2.45. The molecular formula is C12H18N2O3. The van der Waals surface area contributed by atoms with Crippen molar-refractivity contribution in [1.82, 2.24) is 10.2 Å². The number of carbonyl (C=O) groups excluding carboxylic acids is 1. The van der Waals surface area contributed by atoms with Crippen molar-refractivity contribution in [2.75, 3.05) is 26.2 Å². The fourth-order valence-corrected chi connectivity index (χ4v) is 1.89. The van der Waals surface area contributed by atoms with E-state index in [1.807, 2.05) is 19.1 Å². The van der Waals surface area contributed by atoms with E-state index in [4.69, 9.17) is 9.15 Å². The summed E-state index contributed by atoms with van der Waals surface area (Å²) in [4.78, 5) is 13.8. The first-order chi connectivity index (χ1) is 8.24. The normalized spacial score (nSPS) is 21.4. The summed E-state index contributed by atoms with van der Waals surface area (Å²) < 4.78 is 10.6. The minimum atomic E-state index is 0.0236. The number of hydrogen-bond acceptors (Lipinski definition) is 4. The second kappa shape index (κ2) is 5.84. The van der Waals surface area contributed by atoms with Gasteiger partial charge in [0.1, 0.15) is 5.76 Å². The Morgan fingerprint density at radius 3 is 3.24 bits per heavy atom. The third-order valence-electron chi connectivity index (χ3n) is 2.73. The van der Waals surface area contributed by atoms with Crippen LogP contribution in [0.1, 0.15) is 12.7 Å². The van der Waals surface area contributed by atoms with Crippen LogP contribution < -0.4 is 5.32 Å². The number of morpholine rings is 1. The van der Waals surface area contributed by atoms with Crippen LogP contribution >= 0.6 is 0 Å². The van der Waals surface area contributed by atoms with Gasteiger partial charge in [-0.05, 0) is 19.1 Å². The summed E-state index contributed by atoms with van der Waals surface area (Å²) in [5.74, 6) is 0.796. The van der Waals surface area contributed by atoms with E-state index in [9.17, 15) is 4.79 Å². The Balaban J connectivity index is 1.70. The maximum Gasteiger partial charge on any atom is 0.234 e. The summed E-state index contributed by atoms with van der Waals surface area (Å²) in [5.41, 5.74) is 0. The standard InChI is InChI=1S/C12H18N2O3/c1-10-8-14(4-6-16-10)9-12(15)13-7-11-3-2-5-17-11/h2-3,5,10H,4,6-9H2,1H3,(H,13,15)/t10-/m0/s1. The zero-order valence-electron chi connectivity index (χ0n) is 10.0. The van der Waals surface area contributed by atoms with Crippen LogP contribution in [0.25, 0.3) is 0 Å². The third-order valence-corrected chi connectivity index (χ3v) is 2.73. The van der Waals surface area contributed by atoms with E-state index in [1.54, 1.807) is 6.26 Å². The molecule has 0 aromatic carbocycles. The van der Waals surface area contributed by atoms with Gasteiger partial charge < -0.3 is 14.5 Å². The molecule has 0 spiro atoms. The number of nitrogens with one attached hydrogen (secondary N) is 1. The van der Waals surface area contributed by atoms with E-state index in [2.05, 4.69) is 10.2 Å². The quantitative estimate of drug-likeness (QED) is 0.835. The Kier molecular flexibility index (Phi) is 4.17. The smallest absolute Gasteiger partial charge is 0.234 e. The summed E-state index contributed by atoms with van der Waals surface area (Å²) in [6.45, 7) is 5.23. The number of furan rings is 1. The molecule has 0 saturated carbocycles. The monoisotopic (exact) mass is 238 g/mol. The van der Waals surface area contributed by atoms with Gasteiger partial charge in [-0.25, -0.2) is 0 Å². The first-order valence-corrected chi connectivity index (χ1v) is 5.87. The lowest BCUT2D eigenvalue weighted by molar-refractivity contribution is -0.124. The van der Waals surface area contributed by atoms with Crippen LogP contribution in [0.5, 0.6) is 0 Å². The number of rotatable bonds is 4. The summed E-state index contributed by atoms with van der Waals surface area (Å²) in [6.07, 6.45) is 1.81. The molecule has 5 nitrogen and oxygen atoms in total. The van der Waals surface area contributed by atoms with Crippen LogP contribution in [-0.4, -0.2) is 43.2 Å². The predicted octanol–water partition coefficient (Wildman–Crippen LogP) is 0.616. The van der Waals surface area contributed by atoms with E-state index in [1.165, 1.54) is 0 Å². The van der Waals surface area contributed by atoms with Gasteiger partial charge >= 0.3 is 0 Å². The lowest BCUT2D eigenvalue weighted by atomic mass is 10.3. The largest absolute Gasteiger partial charge is 0.467 e. The van der Waals surface area contributed by atoms with E-state index in [0.717, 1.165) is 18.8 Å². The topological polar surface area (TPSA) is 54.7 Å². The highest BCUT2D eigenvalue weighted by Crippen LogP contribution is 2.03. The van der Waals surface area contributed by atoms with Crippen LogP contribution in [0.15, 0.2) is 22.8 Å². The first-order valence-electron chi connectivity index (χ1n) is 5.87. The van der Waals surface area contributed by atoms with Gasteiger partial charge in [-0.1, -0.05) is 0 Å². The lowest BCUT2D eigenvalue weighted by Gasteiger charge is -2.30. The van der Waals surface area contributed by atoms with Crippen LogP contribution in [0.2, 0.25) is 0 Å². The molecule has 1 N–H and O–H groups in total. The molecule has 1 aliphatic heterocycles. The summed E-state index contributed by atoms with van der Waals surface area (Å²) in [5, 5.41) is 2.83. The van der Waals surface area contributed by atoms with E-state index in [0.29, 0.717) is 19.7 Å². The van der Waals surface area contributed by atoms with Crippen molar-refractivity contribution in [1.29, 1.82) is 0 Å². The molecule has 1 amide bonds. The first kappa shape index (κ1) is 12.1. The fourth-order valence-electron chi connectivity index (χ4n) is 1.89. The molecule has 0 bridgehead atoms. The number of nitrogens with zero attached hydrogens (tertiary/aromatic N) is 1. The highest BCUT2D eigenvalue weighted by atomic mass is 16.5. The molecule has 1 aliphatic rings. The Morgan fingerprint density at radius 2 is 2.53 bits per heavy atom. The number of ether oxygens (including phenoxy) is 1. The molecular weight excluding hydrogens is 220 g/mol. The van der Waals surface area contributed by atoms with Crippen molar-refractivity contribution in [2.45, 2.75) is 19.6 Å². The predicted molar refractivity (Wildman–Crippen MR) is 62.4 cm³/mol.